The molecule has 1 fully saturated rings. The number of anilines is 1. The van der Waals surface area contributed by atoms with Gasteiger partial charge in [-0.2, -0.15) is 0 Å². The van der Waals surface area contributed by atoms with Crippen LogP contribution in [0.15, 0.2) is 53.4 Å². The standard InChI is InChI=1S/C16H16N4O6S/c21-19(22)12-5-7-14(8-6-12)27(25,26)18(13-9-10-17-11-13)15-3-1-2-4-16(15)20(23)24/h1-8,13,17H,9-11H2. The van der Waals surface area contributed by atoms with Crippen molar-refractivity contribution in [1.82, 2.24) is 5.32 Å². The zero-order valence-electron chi connectivity index (χ0n) is 14.0. The molecule has 1 aliphatic heterocycles. The monoisotopic (exact) mass is 392 g/mol. The van der Waals surface area contributed by atoms with Crippen molar-refractivity contribution in [3.05, 3.63) is 68.8 Å². The van der Waals surface area contributed by atoms with E-state index in [9.17, 15) is 28.6 Å². The van der Waals surface area contributed by atoms with Gasteiger partial charge >= 0.3 is 0 Å². The smallest absolute Gasteiger partial charge is 0.293 e. The van der Waals surface area contributed by atoms with Crippen LogP contribution in [0.5, 0.6) is 0 Å². The SMILES string of the molecule is O=[N+]([O-])c1ccc(S(=O)(=O)N(c2ccccc2[N+](=O)[O-])C2CCNC2)cc1. The van der Waals surface area contributed by atoms with Crippen LogP contribution in [0.4, 0.5) is 17.1 Å². The molecule has 0 saturated carbocycles. The third-order valence-electron chi connectivity index (χ3n) is 4.29. The van der Waals surface area contributed by atoms with Crippen molar-refractivity contribution in [2.45, 2.75) is 17.4 Å². The summed E-state index contributed by atoms with van der Waals surface area (Å²) in [7, 11) is -4.17. The molecular formula is C16H16N4O6S. The number of benzene rings is 2. The second-order valence-corrected chi connectivity index (χ2v) is 7.76. The Kier molecular flexibility index (Phi) is 5.06. The van der Waals surface area contributed by atoms with E-state index in [2.05, 4.69) is 5.32 Å². The van der Waals surface area contributed by atoms with E-state index in [0.29, 0.717) is 19.5 Å². The van der Waals surface area contributed by atoms with Crippen LogP contribution in [0.1, 0.15) is 6.42 Å². The maximum atomic E-state index is 13.3. The van der Waals surface area contributed by atoms with Gasteiger partial charge in [-0.1, -0.05) is 12.1 Å². The number of nitrogens with zero attached hydrogens (tertiary/aromatic N) is 3. The van der Waals surface area contributed by atoms with Crippen molar-refractivity contribution in [2.75, 3.05) is 17.4 Å². The average molecular weight is 392 g/mol. The van der Waals surface area contributed by atoms with Crippen LogP contribution in [0.25, 0.3) is 0 Å². The van der Waals surface area contributed by atoms with E-state index in [1.165, 1.54) is 24.3 Å². The number of rotatable bonds is 6. The molecule has 1 atom stereocenters. The van der Waals surface area contributed by atoms with E-state index in [0.717, 1.165) is 28.6 Å². The fraction of sp³-hybridized carbons (Fsp3) is 0.250. The predicted octanol–water partition coefficient (Wildman–Crippen LogP) is 2.06. The summed E-state index contributed by atoms with van der Waals surface area (Å²) in [6.07, 6.45) is 0.484. The Hall–Kier alpha value is -3.05. The summed E-state index contributed by atoms with van der Waals surface area (Å²) in [6, 6.07) is 9.58. The summed E-state index contributed by atoms with van der Waals surface area (Å²) in [5.74, 6) is 0. The number of hydrogen-bond donors (Lipinski definition) is 1. The molecule has 0 radical (unpaired) electrons. The van der Waals surface area contributed by atoms with Crippen LogP contribution < -0.4 is 9.62 Å². The summed E-state index contributed by atoms with van der Waals surface area (Å²) in [4.78, 5) is 20.8. The van der Waals surface area contributed by atoms with Gasteiger partial charge in [0, 0.05) is 24.7 Å². The average Bonchev–Trinajstić information content (AvgIpc) is 3.16. The first-order chi connectivity index (χ1) is 12.8. The van der Waals surface area contributed by atoms with E-state index >= 15 is 0 Å². The molecule has 1 heterocycles. The van der Waals surface area contributed by atoms with Crippen LogP contribution in [0, 0.1) is 20.2 Å². The van der Waals surface area contributed by atoms with E-state index < -0.39 is 25.9 Å². The number of para-hydroxylation sites is 2. The van der Waals surface area contributed by atoms with Crippen molar-refractivity contribution in [2.24, 2.45) is 0 Å². The van der Waals surface area contributed by atoms with Crippen LogP contribution in [0.3, 0.4) is 0 Å². The lowest BCUT2D eigenvalue weighted by atomic mass is 10.2. The number of nitro groups is 2. The van der Waals surface area contributed by atoms with E-state index in [1.807, 2.05) is 0 Å². The molecule has 1 aliphatic rings. The third-order valence-corrected chi connectivity index (χ3v) is 6.17. The van der Waals surface area contributed by atoms with E-state index in [-0.39, 0.29) is 22.0 Å². The molecular weight excluding hydrogens is 376 g/mol. The molecule has 1 N–H and O–H groups in total. The number of nitro benzene ring substituents is 2. The Morgan fingerprint density at radius 2 is 1.67 bits per heavy atom. The molecule has 142 valence electrons. The molecule has 27 heavy (non-hydrogen) atoms. The van der Waals surface area contributed by atoms with Crippen molar-refractivity contribution in [3.8, 4) is 0 Å². The Morgan fingerprint density at radius 1 is 1.00 bits per heavy atom. The Balaban J connectivity index is 2.13. The molecule has 1 unspecified atom stereocenters. The van der Waals surface area contributed by atoms with Crippen molar-refractivity contribution in [1.29, 1.82) is 0 Å². The second kappa shape index (κ2) is 7.29. The molecule has 11 heteroatoms. The summed E-state index contributed by atoms with van der Waals surface area (Å²) in [5.41, 5.74) is -0.599. The highest BCUT2D eigenvalue weighted by atomic mass is 32.2. The number of hydrogen-bond acceptors (Lipinski definition) is 7. The van der Waals surface area contributed by atoms with E-state index in [1.54, 1.807) is 0 Å². The van der Waals surface area contributed by atoms with Gasteiger partial charge in [0.05, 0.1) is 20.8 Å². The maximum Gasteiger partial charge on any atom is 0.293 e. The van der Waals surface area contributed by atoms with Gasteiger partial charge in [0.1, 0.15) is 5.69 Å². The minimum absolute atomic E-state index is 0.0328. The minimum atomic E-state index is -4.17. The van der Waals surface area contributed by atoms with Gasteiger partial charge in [0.25, 0.3) is 21.4 Å². The maximum absolute atomic E-state index is 13.3. The highest BCUT2D eigenvalue weighted by Gasteiger charge is 2.37. The van der Waals surface area contributed by atoms with Gasteiger partial charge in [-0.05, 0) is 31.2 Å². The lowest BCUT2D eigenvalue weighted by Gasteiger charge is -2.29. The quantitative estimate of drug-likeness (QED) is 0.587. The van der Waals surface area contributed by atoms with Crippen LogP contribution in [0.2, 0.25) is 0 Å². The number of nitrogens with one attached hydrogen (secondary N) is 1. The molecule has 3 rings (SSSR count). The molecule has 0 aliphatic carbocycles. The van der Waals surface area contributed by atoms with Crippen molar-refractivity contribution < 1.29 is 18.3 Å². The van der Waals surface area contributed by atoms with Gasteiger partial charge in [-0.3, -0.25) is 24.5 Å². The Labute approximate surface area is 154 Å². The van der Waals surface area contributed by atoms with Crippen LogP contribution >= 0.6 is 0 Å². The fourth-order valence-electron chi connectivity index (χ4n) is 3.02. The van der Waals surface area contributed by atoms with Crippen LogP contribution in [-0.4, -0.2) is 37.4 Å². The first-order valence-corrected chi connectivity index (χ1v) is 9.49. The first kappa shape index (κ1) is 18.7. The number of sulfonamides is 1. The second-order valence-electron chi connectivity index (χ2n) is 5.94. The Morgan fingerprint density at radius 3 is 2.22 bits per heavy atom. The minimum Gasteiger partial charge on any atom is -0.315 e. The van der Waals surface area contributed by atoms with Gasteiger partial charge < -0.3 is 5.32 Å². The molecule has 0 spiro atoms. The van der Waals surface area contributed by atoms with Crippen LogP contribution in [-0.2, 0) is 10.0 Å². The topological polar surface area (TPSA) is 136 Å². The lowest BCUT2D eigenvalue weighted by molar-refractivity contribution is -0.384. The zero-order chi connectivity index (χ0) is 19.6. The van der Waals surface area contributed by atoms with Crippen molar-refractivity contribution >= 4 is 27.1 Å². The highest BCUT2D eigenvalue weighted by Crippen LogP contribution is 2.35. The molecule has 0 aromatic heterocycles. The summed E-state index contributed by atoms with van der Waals surface area (Å²) in [5, 5.41) is 25.3. The number of non-ortho nitro benzene ring substituents is 1. The summed E-state index contributed by atoms with van der Waals surface area (Å²) >= 11 is 0. The summed E-state index contributed by atoms with van der Waals surface area (Å²) < 4.78 is 27.6. The fourth-order valence-corrected chi connectivity index (χ4v) is 4.71. The van der Waals surface area contributed by atoms with Crippen molar-refractivity contribution in [3.63, 3.8) is 0 Å². The predicted molar refractivity (Wildman–Crippen MR) is 97.1 cm³/mol. The third kappa shape index (κ3) is 3.59. The Bertz CT molecular complexity index is 971. The molecule has 1 saturated heterocycles. The molecule has 0 bridgehead atoms. The van der Waals surface area contributed by atoms with Gasteiger partial charge in [0.2, 0.25) is 0 Å². The molecule has 0 amide bonds. The van der Waals surface area contributed by atoms with E-state index in [4.69, 9.17) is 0 Å². The van der Waals surface area contributed by atoms with Gasteiger partial charge in [-0.25, -0.2) is 8.42 Å². The highest BCUT2D eigenvalue weighted by molar-refractivity contribution is 7.92. The first-order valence-electron chi connectivity index (χ1n) is 8.05. The summed E-state index contributed by atoms with van der Waals surface area (Å²) in [6.45, 7) is 0.926. The molecule has 10 nitrogen and oxygen atoms in total. The normalized spacial score (nSPS) is 16.8. The molecule has 2 aromatic rings. The van der Waals surface area contributed by atoms with Gasteiger partial charge in [-0.15, -0.1) is 0 Å². The largest absolute Gasteiger partial charge is 0.315 e. The lowest BCUT2D eigenvalue weighted by Crippen LogP contribution is -2.42. The molecule has 2 aromatic carbocycles. The van der Waals surface area contributed by atoms with Gasteiger partial charge in [0.15, 0.2) is 0 Å². The zero-order valence-corrected chi connectivity index (χ0v) is 14.8.